The van der Waals surface area contributed by atoms with E-state index in [1.165, 1.54) is 0 Å². The first-order valence-electron chi connectivity index (χ1n) is 14.2. The van der Waals surface area contributed by atoms with Crippen molar-refractivity contribution in [1.29, 1.82) is 0 Å². The van der Waals surface area contributed by atoms with Crippen LogP contribution in [0.1, 0.15) is 72.7 Å². The Morgan fingerprint density at radius 3 is 2.52 bits per heavy atom. The molecule has 1 aromatic heterocycles. The molecule has 0 saturated heterocycles. The zero-order chi connectivity index (χ0) is 29.9. The van der Waals surface area contributed by atoms with Gasteiger partial charge in [0.25, 0.3) is 0 Å². The van der Waals surface area contributed by atoms with Crippen molar-refractivity contribution in [3.05, 3.63) is 112 Å². The third kappa shape index (κ3) is 7.44. The van der Waals surface area contributed by atoms with Crippen LogP contribution in [0.3, 0.4) is 0 Å². The largest absolute Gasteiger partial charge is 0.481 e. The number of aliphatic carboxylic acids is 1. The molecule has 2 N–H and O–H groups in total. The monoisotopic (exact) mass is 587 g/mol. The fraction of sp³-hybridized carbons (Fsp3) is 0.314. The van der Waals surface area contributed by atoms with Crippen molar-refractivity contribution >= 4 is 40.8 Å². The van der Waals surface area contributed by atoms with Gasteiger partial charge in [0.1, 0.15) is 0 Å². The zero-order valence-electron chi connectivity index (χ0n) is 23.8. The summed E-state index contributed by atoms with van der Waals surface area (Å²) < 4.78 is 27.3. The van der Waals surface area contributed by atoms with Crippen LogP contribution in [0.2, 0.25) is 0 Å². The average Bonchev–Trinajstić information content (AvgIpc) is 3.71. The van der Waals surface area contributed by atoms with E-state index in [0.29, 0.717) is 16.6 Å². The zero-order valence-corrected chi connectivity index (χ0v) is 24.6. The summed E-state index contributed by atoms with van der Waals surface area (Å²) in [6.45, 7) is 3.60. The lowest BCUT2D eigenvalue weighted by Gasteiger charge is -2.24. The van der Waals surface area contributed by atoms with E-state index in [1.807, 2.05) is 54.2 Å². The molecular weight excluding hydrogens is 552 g/mol. The van der Waals surface area contributed by atoms with Crippen molar-refractivity contribution in [2.75, 3.05) is 5.75 Å². The van der Waals surface area contributed by atoms with Crippen LogP contribution in [0, 0.1) is 17.0 Å². The van der Waals surface area contributed by atoms with Gasteiger partial charge in [-0.1, -0.05) is 60.7 Å². The number of aryl methyl sites for hydroxylation is 1. The van der Waals surface area contributed by atoms with Gasteiger partial charge in [0.05, 0.1) is 23.2 Å². The molecule has 0 unspecified atom stereocenters. The summed E-state index contributed by atoms with van der Waals surface area (Å²) >= 11 is 1.82. The number of hydrogen-bond acceptors (Lipinski definition) is 4. The van der Waals surface area contributed by atoms with Crippen molar-refractivity contribution in [1.82, 2.24) is 4.98 Å². The summed E-state index contributed by atoms with van der Waals surface area (Å²) in [5.41, 5.74) is 4.12. The summed E-state index contributed by atoms with van der Waals surface area (Å²) in [4.78, 5) is 15.9. The highest BCUT2D eigenvalue weighted by Crippen LogP contribution is 2.53. The highest BCUT2D eigenvalue weighted by atomic mass is 32.2. The Labute approximate surface area is 249 Å². The van der Waals surface area contributed by atoms with E-state index in [4.69, 9.17) is 0 Å². The summed E-state index contributed by atoms with van der Waals surface area (Å²) in [6, 6.07) is 22.0. The van der Waals surface area contributed by atoms with E-state index >= 15 is 0 Å². The molecule has 0 spiro atoms. The van der Waals surface area contributed by atoms with Crippen LogP contribution in [0.25, 0.3) is 23.1 Å². The number of benzene rings is 3. The van der Waals surface area contributed by atoms with Gasteiger partial charge in [-0.25, -0.2) is 13.8 Å². The van der Waals surface area contributed by atoms with Gasteiger partial charge in [-0.05, 0) is 85.4 Å². The molecule has 0 amide bonds. The number of thioether (sulfide) groups is 1. The molecule has 218 valence electrons. The molecular formula is C35H35F2NO3S. The third-order valence-electron chi connectivity index (χ3n) is 7.91. The van der Waals surface area contributed by atoms with Gasteiger partial charge in [0.2, 0.25) is 0 Å². The Hall–Kier alpha value is -3.55. The van der Waals surface area contributed by atoms with Crippen molar-refractivity contribution in [3.8, 4) is 0 Å². The molecule has 1 saturated carbocycles. The van der Waals surface area contributed by atoms with Crippen molar-refractivity contribution in [2.24, 2.45) is 5.41 Å². The van der Waals surface area contributed by atoms with Gasteiger partial charge in [0.15, 0.2) is 11.6 Å². The number of fused-ring (bicyclic) bond motifs is 1. The summed E-state index contributed by atoms with van der Waals surface area (Å²) in [5, 5.41) is 20.8. The molecule has 1 fully saturated rings. The van der Waals surface area contributed by atoms with E-state index in [1.54, 1.807) is 26.0 Å². The predicted molar refractivity (Wildman–Crippen MR) is 166 cm³/mol. The fourth-order valence-electron chi connectivity index (χ4n) is 5.39. The van der Waals surface area contributed by atoms with E-state index in [2.05, 4.69) is 23.2 Å². The molecule has 0 aliphatic heterocycles. The second kappa shape index (κ2) is 12.4. The normalized spacial score (nSPS) is 15.3. The number of hydrogen-bond donors (Lipinski definition) is 2. The quantitative estimate of drug-likeness (QED) is 0.174. The van der Waals surface area contributed by atoms with Crippen molar-refractivity contribution in [3.63, 3.8) is 0 Å². The predicted octanol–water partition coefficient (Wildman–Crippen LogP) is 8.57. The minimum atomic E-state index is -0.944. The van der Waals surface area contributed by atoms with Crippen LogP contribution < -0.4 is 0 Å². The van der Waals surface area contributed by atoms with Gasteiger partial charge >= 0.3 is 5.97 Å². The van der Waals surface area contributed by atoms with Crippen LogP contribution in [0.4, 0.5) is 8.78 Å². The number of carbonyl (C=O) groups is 1. The first-order valence-corrected chi connectivity index (χ1v) is 15.2. The maximum absolute atomic E-state index is 13.7. The number of carboxylic acids is 1. The Bertz CT molecular complexity index is 1620. The molecule has 42 heavy (non-hydrogen) atoms. The Kier molecular flexibility index (Phi) is 8.81. The van der Waals surface area contributed by atoms with Gasteiger partial charge in [-0.15, -0.1) is 0 Å². The maximum atomic E-state index is 13.7. The van der Waals surface area contributed by atoms with E-state index in [9.17, 15) is 23.8 Å². The first-order chi connectivity index (χ1) is 20.0. The number of carboxylic acid groups (broad SMARTS) is 1. The highest BCUT2D eigenvalue weighted by molar-refractivity contribution is 7.99. The number of rotatable bonds is 12. The molecule has 4 aromatic rings. The highest BCUT2D eigenvalue weighted by Gasteiger charge is 2.44. The van der Waals surface area contributed by atoms with Crippen LogP contribution in [0.15, 0.2) is 72.8 Å². The molecule has 5 rings (SSSR count). The summed E-state index contributed by atoms with van der Waals surface area (Å²) in [7, 11) is 0. The molecule has 1 atom stereocenters. The number of aromatic nitrogens is 1. The molecule has 1 heterocycles. The Balaban J connectivity index is 1.37. The molecule has 0 bridgehead atoms. The van der Waals surface area contributed by atoms with E-state index in [-0.39, 0.29) is 17.1 Å². The van der Waals surface area contributed by atoms with Crippen LogP contribution in [-0.4, -0.2) is 26.9 Å². The van der Waals surface area contributed by atoms with Crippen LogP contribution >= 0.6 is 11.8 Å². The Morgan fingerprint density at radius 2 is 1.79 bits per heavy atom. The number of nitrogens with zero attached hydrogens (tertiary/aromatic N) is 1. The number of halogens is 2. The summed E-state index contributed by atoms with van der Waals surface area (Å²) in [6.07, 6.45) is 7.51. The lowest BCUT2D eigenvalue weighted by atomic mass is 9.90. The van der Waals surface area contributed by atoms with E-state index < -0.39 is 23.2 Å². The van der Waals surface area contributed by atoms with Gasteiger partial charge < -0.3 is 10.2 Å². The molecule has 3 aromatic carbocycles. The minimum Gasteiger partial charge on any atom is -0.481 e. The maximum Gasteiger partial charge on any atom is 0.303 e. The standard InChI is InChI=1S/C35H35F2NO3S/c1-34(2,41)28-9-4-3-7-24(28)12-15-32(42-22-35(16-17-35)21-33(39)40)26-8-5-6-23(18-26)10-13-27-14-11-25-19-29(36)30(37)20-31(25)38-27/h3-11,13-14,18-20,32,41H,12,15-17,21-22H2,1-2H3,(H,39,40)/t32-/m1/s1. The van der Waals surface area contributed by atoms with Gasteiger partial charge in [0, 0.05) is 22.5 Å². The van der Waals surface area contributed by atoms with E-state index in [0.717, 1.165) is 65.8 Å². The smallest absolute Gasteiger partial charge is 0.303 e. The summed E-state index contributed by atoms with van der Waals surface area (Å²) in [5.74, 6) is -1.77. The molecule has 7 heteroatoms. The van der Waals surface area contributed by atoms with Crippen LogP contribution in [-0.2, 0) is 16.8 Å². The second-order valence-electron chi connectivity index (χ2n) is 11.8. The van der Waals surface area contributed by atoms with Crippen molar-refractivity contribution in [2.45, 2.75) is 56.8 Å². The average molecular weight is 588 g/mol. The molecule has 4 nitrogen and oxygen atoms in total. The van der Waals surface area contributed by atoms with Crippen molar-refractivity contribution < 1.29 is 23.8 Å². The lowest BCUT2D eigenvalue weighted by molar-refractivity contribution is -0.138. The van der Waals surface area contributed by atoms with Crippen LogP contribution in [0.5, 0.6) is 0 Å². The Morgan fingerprint density at radius 1 is 1.02 bits per heavy atom. The lowest BCUT2D eigenvalue weighted by Crippen LogP contribution is -2.18. The third-order valence-corrected chi connectivity index (χ3v) is 9.60. The topological polar surface area (TPSA) is 70.4 Å². The molecule has 1 aliphatic carbocycles. The SMILES string of the molecule is CC(C)(O)c1ccccc1CC[C@@H](SCC1(CC(=O)O)CC1)c1cccc(C=Cc2ccc3cc(F)c(F)cc3n2)c1. The van der Waals surface area contributed by atoms with Gasteiger partial charge in [-0.3, -0.25) is 4.79 Å². The van der Waals surface area contributed by atoms with Gasteiger partial charge in [-0.2, -0.15) is 11.8 Å². The second-order valence-corrected chi connectivity index (χ2v) is 13.0. The first kappa shape index (κ1) is 29.9. The fourth-order valence-corrected chi connectivity index (χ4v) is 6.96. The molecule has 0 radical (unpaired) electrons. The minimum absolute atomic E-state index is 0.124. The molecule has 1 aliphatic rings. The number of pyridine rings is 1. The number of aliphatic hydroxyl groups is 1.